The van der Waals surface area contributed by atoms with Gasteiger partial charge in [0.2, 0.25) is 0 Å². The zero-order valence-corrected chi connectivity index (χ0v) is 26.0. The summed E-state index contributed by atoms with van der Waals surface area (Å²) in [6, 6.07) is 11.8. The molecule has 0 N–H and O–H groups in total. The van der Waals surface area contributed by atoms with Gasteiger partial charge < -0.3 is 18.9 Å². The highest BCUT2D eigenvalue weighted by Crippen LogP contribution is 2.33. The number of unbranched alkanes of at least 4 members (excludes halogenated alkanes) is 15. The molecule has 5 heteroatoms. The average Bonchev–Trinajstić information content (AvgIpc) is 2.99. The highest BCUT2D eigenvalue weighted by atomic mass is 16.6. The molecule has 2 aromatic rings. The summed E-state index contributed by atoms with van der Waals surface area (Å²) in [6.45, 7) is 9.53. The Kier molecular flexibility index (Phi) is 19.5. The van der Waals surface area contributed by atoms with E-state index in [4.69, 9.17) is 18.9 Å². The summed E-state index contributed by atoms with van der Waals surface area (Å²) in [6.07, 6.45) is 22.2. The van der Waals surface area contributed by atoms with Gasteiger partial charge in [-0.25, -0.2) is 4.79 Å². The lowest BCUT2D eigenvalue weighted by molar-refractivity contribution is -0.148. The predicted molar refractivity (Wildman–Crippen MR) is 171 cm³/mol. The second kappa shape index (κ2) is 23.1. The molecule has 0 saturated carbocycles. The van der Waals surface area contributed by atoms with E-state index in [1.165, 1.54) is 102 Å². The van der Waals surface area contributed by atoms with E-state index in [-0.39, 0.29) is 6.61 Å². The van der Waals surface area contributed by atoms with E-state index in [1.807, 2.05) is 43.3 Å². The Morgan fingerprint density at radius 1 is 0.683 bits per heavy atom. The first-order valence-electron chi connectivity index (χ1n) is 16.4. The lowest BCUT2D eigenvalue weighted by Gasteiger charge is -2.19. The summed E-state index contributed by atoms with van der Waals surface area (Å²) in [5.74, 6) is 1.08. The van der Waals surface area contributed by atoms with Crippen LogP contribution >= 0.6 is 0 Å². The number of ether oxygens (including phenoxy) is 4. The molecule has 0 aromatic heterocycles. The summed E-state index contributed by atoms with van der Waals surface area (Å²) >= 11 is 0. The van der Waals surface area contributed by atoms with Crippen molar-refractivity contribution >= 4 is 16.7 Å². The molecule has 0 saturated heterocycles. The van der Waals surface area contributed by atoms with Crippen LogP contribution < -0.4 is 9.47 Å². The van der Waals surface area contributed by atoms with Crippen LogP contribution in [0, 0.1) is 0 Å². The first-order chi connectivity index (χ1) is 20.2. The number of esters is 1. The third-order valence-corrected chi connectivity index (χ3v) is 7.46. The van der Waals surface area contributed by atoms with E-state index in [1.54, 1.807) is 0 Å². The van der Waals surface area contributed by atoms with Crippen LogP contribution in [0.3, 0.4) is 0 Å². The van der Waals surface area contributed by atoms with E-state index < -0.39 is 12.1 Å². The zero-order chi connectivity index (χ0) is 29.4. The Labute approximate surface area is 250 Å². The van der Waals surface area contributed by atoms with Gasteiger partial charge in [0.15, 0.2) is 6.10 Å². The molecule has 2 rings (SSSR count). The molecule has 0 aliphatic carbocycles. The fourth-order valence-electron chi connectivity index (χ4n) is 5.13. The molecule has 0 fully saturated rings. The number of carbonyl (C=O) groups excluding carboxylic acids is 1. The van der Waals surface area contributed by atoms with Crippen LogP contribution in [0.1, 0.15) is 117 Å². The van der Waals surface area contributed by atoms with Crippen molar-refractivity contribution in [2.24, 2.45) is 0 Å². The van der Waals surface area contributed by atoms with Crippen molar-refractivity contribution in [2.45, 2.75) is 123 Å². The van der Waals surface area contributed by atoms with Gasteiger partial charge in [-0.1, -0.05) is 134 Å². The Morgan fingerprint density at radius 2 is 1.17 bits per heavy atom. The van der Waals surface area contributed by atoms with Gasteiger partial charge in [-0.05, 0) is 25.5 Å². The molecule has 230 valence electrons. The molecule has 0 radical (unpaired) electrons. The molecule has 0 amide bonds. The smallest absolute Gasteiger partial charge is 0.330 e. The van der Waals surface area contributed by atoms with E-state index >= 15 is 0 Å². The van der Waals surface area contributed by atoms with Gasteiger partial charge >= 0.3 is 5.97 Å². The first kappa shape index (κ1) is 34.7. The van der Waals surface area contributed by atoms with Gasteiger partial charge in [0, 0.05) is 23.5 Å². The quantitative estimate of drug-likeness (QED) is 0.0642. The maximum Gasteiger partial charge on any atom is 0.330 e. The van der Waals surface area contributed by atoms with Crippen LogP contribution in [0.2, 0.25) is 0 Å². The van der Waals surface area contributed by atoms with Crippen LogP contribution in [0.4, 0.5) is 0 Å². The monoisotopic (exact) mass is 568 g/mol. The molecule has 5 nitrogen and oxygen atoms in total. The summed E-state index contributed by atoms with van der Waals surface area (Å²) in [7, 11) is 0. The third-order valence-electron chi connectivity index (χ3n) is 7.46. The molecule has 0 spiro atoms. The summed E-state index contributed by atoms with van der Waals surface area (Å²) < 4.78 is 23.2. The van der Waals surface area contributed by atoms with Crippen LogP contribution in [0.15, 0.2) is 49.1 Å². The molecule has 41 heavy (non-hydrogen) atoms. The number of benzene rings is 2. The number of rotatable bonds is 26. The summed E-state index contributed by atoms with van der Waals surface area (Å²) in [5.41, 5.74) is 0. The number of hydrogen-bond donors (Lipinski definition) is 0. The molecule has 1 unspecified atom stereocenters. The highest BCUT2D eigenvalue weighted by Gasteiger charge is 2.16. The van der Waals surface area contributed by atoms with E-state index in [9.17, 15) is 4.79 Å². The lowest BCUT2D eigenvalue weighted by atomic mass is 10.0. The number of carbonyl (C=O) groups is 1. The van der Waals surface area contributed by atoms with Crippen molar-refractivity contribution in [3.63, 3.8) is 0 Å². The van der Waals surface area contributed by atoms with Gasteiger partial charge in [-0.15, -0.1) is 0 Å². The predicted octanol–water partition coefficient (Wildman–Crippen LogP) is 9.99. The lowest BCUT2D eigenvalue weighted by Crippen LogP contribution is -2.29. The molecule has 0 heterocycles. The van der Waals surface area contributed by atoms with Crippen molar-refractivity contribution in [2.75, 3.05) is 26.4 Å². The van der Waals surface area contributed by atoms with Gasteiger partial charge in [0.05, 0.1) is 13.2 Å². The van der Waals surface area contributed by atoms with Crippen LogP contribution in [0.25, 0.3) is 10.8 Å². The fraction of sp³-hybridized carbons (Fsp3) is 0.639. The molecule has 2 aromatic carbocycles. The average molecular weight is 569 g/mol. The maximum absolute atomic E-state index is 11.9. The van der Waals surface area contributed by atoms with E-state index in [2.05, 4.69) is 13.5 Å². The fourth-order valence-corrected chi connectivity index (χ4v) is 5.13. The van der Waals surface area contributed by atoms with Crippen LogP contribution in [-0.4, -0.2) is 38.5 Å². The number of hydrogen-bond acceptors (Lipinski definition) is 5. The minimum absolute atomic E-state index is 0.205. The first-order valence-corrected chi connectivity index (χ1v) is 16.4. The summed E-state index contributed by atoms with van der Waals surface area (Å²) in [4.78, 5) is 11.9. The SMILES string of the molecule is C=CC(=O)OC(COCCCCCCCCCCCCCCCCCC)COc1ccc(OCC)c2ccccc12. The van der Waals surface area contributed by atoms with Crippen LogP contribution in [0.5, 0.6) is 11.5 Å². The molecule has 0 aliphatic rings. The molecule has 1 atom stereocenters. The maximum atomic E-state index is 11.9. The van der Waals surface area contributed by atoms with E-state index in [0.717, 1.165) is 28.7 Å². The Morgan fingerprint density at radius 3 is 1.66 bits per heavy atom. The van der Waals surface area contributed by atoms with Gasteiger partial charge in [0.25, 0.3) is 0 Å². The summed E-state index contributed by atoms with van der Waals surface area (Å²) in [5, 5.41) is 1.95. The van der Waals surface area contributed by atoms with Gasteiger partial charge in [-0.3, -0.25) is 0 Å². The van der Waals surface area contributed by atoms with Crippen molar-refractivity contribution in [3.8, 4) is 11.5 Å². The Hall–Kier alpha value is -2.53. The van der Waals surface area contributed by atoms with Crippen LogP contribution in [-0.2, 0) is 14.3 Å². The Balaban J connectivity index is 1.57. The van der Waals surface area contributed by atoms with Crippen molar-refractivity contribution < 1.29 is 23.7 Å². The third kappa shape index (κ3) is 15.3. The van der Waals surface area contributed by atoms with Crippen molar-refractivity contribution in [1.82, 2.24) is 0 Å². The Bertz CT molecular complexity index is 956. The highest BCUT2D eigenvalue weighted by molar-refractivity contribution is 5.93. The largest absolute Gasteiger partial charge is 0.493 e. The molecular weight excluding hydrogens is 512 g/mol. The molecule has 0 bridgehead atoms. The normalized spacial score (nSPS) is 11.9. The molecule has 0 aliphatic heterocycles. The van der Waals surface area contributed by atoms with Gasteiger partial charge in [-0.2, -0.15) is 0 Å². The van der Waals surface area contributed by atoms with Crippen molar-refractivity contribution in [3.05, 3.63) is 49.1 Å². The van der Waals surface area contributed by atoms with E-state index in [0.29, 0.717) is 19.8 Å². The molecular formula is C36H56O5. The minimum Gasteiger partial charge on any atom is -0.493 e. The number of fused-ring (bicyclic) bond motifs is 1. The van der Waals surface area contributed by atoms with Gasteiger partial charge in [0.1, 0.15) is 18.1 Å². The minimum atomic E-state index is -0.508. The second-order valence-electron chi connectivity index (χ2n) is 11.0. The zero-order valence-electron chi connectivity index (χ0n) is 26.0. The van der Waals surface area contributed by atoms with Crippen molar-refractivity contribution in [1.29, 1.82) is 0 Å². The topological polar surface area (TPSA) is 54.0 Å². The standard InChI is InChI=1S/C36H56O5/c1-4-7-8-9-10-11-12-13-14-15-16-17-18-19-20-23-28-38-29-31(41-36(37)5-2)30-40-35-27-26-34(39-6-3)32-24-21-22-25-33(32)35/h5,21-22,24-27,31H,2,4,6-20,23,28-30H2,1,3H3. The second-order valence-corrected chi connectivity index (χ2v) is 11.0.